The van der Waals surface area contributed by atoms with E-state index in [1.807, 2.05) is 30.5 Å². The highest BCUT2D eigenvalue weighted by atomic mass is 15.2. The minimum Gasteiger partial charge on any atom is -0.346 e. The highest BCUT2D eigenvalue weighted by Crippen LogP contribution is 2.50. The van der Waals surface area contributed by atoms with E-state index in [0.717, 1.165) is 60.5 Å². The molecule has 1 fully saturated rings. The first kappa shape index (κ1) is 18.1. The molecule has 0 saturated carbocycles. The highest BCUT2D eigenvalue weighted by Gasteiger charge is 2.44. The summed E-state index contributed by atoms with van der Waals surface area (Å²) in [6.45, 7) is 2.93. The topological polar surface area (TPSA) is 80.6 Å². The van der Waals surface area contributed by atoms with Crippen LogP contribution in [0.5, 0.6) is 0 Å². The molecule has 0 unspecified atom stereocenters. The number of H-pyrrole nitrogens is 1. The normalized spacial score (nSPS) is 17.1. The van der Waals surface area contributed by atoms with Crippen LogP contribution in [0.25, 0.3) is 22.2 Å². The van der Waals surface area contributed by atoms with Gasteiger partial charge in [0.05, 0.1) is 17.0 Å². The molecule has 31 heavy (non-hydrogen) atoms. The number of nitriles is 1. The monoisotopic (exact) mass is 406 g/mol. The maximum Gasteiger partial charge on any atom is 0.145 e. The van der Waals surface area contributed by atoms with Crippen molar-refractivity contribution in [3.8, 4) is 17.2 Å². The van der Waals surface area contributed by atoms with Gasteiger partial charge >= 0.3 is 0 Å². The van der Waals surface area contributed by atoms with Crippen LogP contribution >= 0.6 is 0 Å². The summed E-state index contributed by atoms with van der Waals surface area (Å²) in [6.07, 6.45) is 5.73. The number of nitrogens with zero attached hydrogens (tertiary/aromatic N) is 4. The zero-order valence-corrected chi connectivity index (χ0v) is 17.1. The van der Waals surface area contributed by atoms with Crippen molar-refractivity contribution >= 4 is 22.5 Å². The molecular formula is C25H22N6. The molecule has 2 aliphatic rings. The lowest BCUT2D eigenvalue weighted by Gasteiger charge is -2.35. The Morgan fingerprint density at radius 3 is 2.77 bits per heavy atom. The zero-order chi connectivity index (χ0) is 20.8. The Hall–Kier alpha value is -3.69. The quantitative estimate of drug-likeness (QED) is 0.520. The first-order valence-electron chi connectivity index (χ1n) is 10.7. The van der Waals surface area contributed by atoms with Crippen LogP contribution in [-0.4, -0.2) is 34.6 Å². The van der Waals surface area contributed by atoms with Gasteiger partial charge in [-0.05, 0) is 66.9 Å². The largest absolute Gasteiger partial charge is 0.346 e. The van der Waals surface area contributed by atoms with Crippen molar-refractivity contribution in [3.05, 3.63) is 72.2 Å². The standard InChI is InChI=1S/C25H22N6/c26-14-18-3-1-2-4-19(18)17-5-6-22-21(13-17)25(8-11-27-12-9-25)15-31(22)24-20-7-10-28-23(20)29-16-30-24/h1-7,10,13,16,27H,8-9,11-12,15H2,(H,28,29,30). The summed E-state index contributed by atoms with van der Waals surface area (Å²) in [7, 11) is 0. The lowest BCUT2D eigenvalue weighted by Crippen LogP contribution is -2.42. The maximum atomic E-state index is 9.60. The van der Waals surface area contributed by atoms with Crippen molar-refractivity contribution in [3.63, 3.8) is 0 Å². The number of piperidine rings is 1. The fraction of sp³-hybridized carbons (Fsp3) is 0.240. The summed E-state index contributed by atoms with van der Waals surface area (Å²) in [5, 5.41) is 14.2. The van der Waals surface area contributed by atoms with Crippen LogP contribution in [0.2, 0.25) is 0 Å². The van der Waals surface area contributed by atoms with Gasteiger partial charge in [0.2, 0.25) is 0 Å². The number of nitrogens with one attached hydrogen (secondary N) is 2. The van der Waals surface area contributed by atoms with Gasteiger partial charge in [0.1, 0.15) is 17.8 Å². The Morgan fingerprint density at radius 2 is 1.90 bits per heavy atom. The van der Waals surface area contributed by atoms with Crippen LogP contribution in [0.15, 0.2) is 61.1 Å². The molecular weight excluding hydrogens is 384 g/mol. The summed E-state index contributed by atoms with van der Waals surface area (Å²) in [5.74, 6) is 0.952. The fourth-order valence-electron chi connectivity index (χ4n) is 5.26. The van der Waals surface area contributed by atoms with Crippen LogP contribution in [0.4, 0.5) is 11.5 Å². The average molecular weight is 406 g/mol. The maximum absolute atomic E-state index is 9.60. The lowest BCUT2D eigenvalue weighted by atomic mass is 9.74. The minimum absolute atomic E-state index is 0.0752. The first-order valence-corrected chi connectivity index (χ1v) is 10.7. The second-order valence-electron chi connectivity index (χ2n) is 8.44. The number of benzene rings is 2. The molecule has 0 bridgehead atoms. The zero-order valence-electron chi connectivity index (χ0n) is 17.1. The van der Waals surface area contributed by atoms with E-state index in [1.165, 1.54) is 11.3 Å². The van der Waals surface area contributed by atoms with Crippen molar-refractivity contribution < 1.29 is 0 Å². The molecule has 6 heteroatoms. The third-order valence-corrected chi connectivity index (χ3v) is 6.83. The van der Waals surface area contributed by atoms with Gasteiger partial charge in [-0.25, -0.2) is 9.97 Å². The van der Waals surface area contributed by atoms with Gasteiger partial charge in [-0.1, -0.05) is 24.3 Å². The van der Waals surface area contributed by atoms with E-state index >= 15 is 0 Å². The Morgan fingerprint density at radius 1 is 1.03 bits per heavy atom. The Kier molecular flexibility index (Phi) is 4.05. The number of aromatic nitrogens is 3. The number of fused-ring (bicyclic) bond motifs is 3. The predicted molar refractivity (Wildman–Crippen MR) is 121 cm³/mol. The molecule has 1 spiro atoms. The summed E-state index contributed by atoms with van der Waals surface area (Å²) in [4.78, 5) is 14.6. The molecule has 6 nitrogen and oxygen atoms in total. The Balaban J connectivity index is 1.54. The Labute approximate surface area is 180 Å². The first-order chi connectivity index (χ1) is 15.3. The minimum atomic E-state index is 0.0752. The van der Waals surface area contributed by atoms with E-state index in [0.29, 0.717) is 5.56 Å². The van der Waals surface area contributed by atoms with Crippen LogP contribution in [-0.2, 0) is 5.41 Å². The molecule has 0 aliphatic carbocycles. The van der Waals surface area contributed by atoms with Crippen molar-refractivity contribution in [2.75, 3.05) is 24.5 Å². The van der Waals surface area contributed by atoms with E-state index in [2.05, 4.69) is 55.5 Å². The molecule has 1 saturated heterocycles. The molecule has 2 aliphatic heterocycles. The molecule has 2 N–H and O–H groups in total. The molecule has 0 radical (unpaired) electrons. The smallest absolute Gasteiger partial charge is 0.145 e. The average Bonchev–Trinajstić information content (AvgIpc) is 3.43. The molecule has 2 aromatic carbocycles. The van der Waals surface area contributed by atoms with E-state index in [-0.39, 0.29) is 5.41 Å². The number of rotatable bonds is 2. The van der Waals surface area contributed by atoms with E-state index in [1.54, 1.807) is 6.33 Å². The summed E-state index contributed by atoms with van der Waals surface area (Å²) in [6, 6.07) is 18.9. The van der Waals surface area contributed by atoms with Crippen LogP contribution in [0.1, 0.15) is 24.0 Å². The highest BCUT2D eigenvalue weighted by molar-refractivity contribution is 5.91. The van der Waals surface area contributed by atoms with Crippen LogP contribution in [0.3, 0.4) is 0 Å². The van der Waals surface area contributed by atoms with Crippen molar-refractivity contribution in [2.24, 2.45) is 0 Å². The van der Waals surface area contributed by atoms with E-state index in [4.69, 9.17) is 0 Å². The second kappa shape index (κ2) is 6.93. The molecule has 152 valence electrons. The van der Waals surface area contributed by atoms with Gasteiger partial charge in [-0.15, -0.1) is 0 Å². The molecule has 6 rings (SSSR count). The lowest BCUT2D eigenvalue weighted by molar-refractivity contribution is 0.329. The van der Waals surface area contributed by atoms with Gasteiger partial charge in [-0.2, -0.15) is 5.26 Å². The van der Waals surface area contributed by atoms with Gasteiger partial charge in [0.25, 0.3) is 0 Å². The molecule has 0 amide bonds. The Bertz CT molecular complexity index is 1330. The van der Waals surface area contributed by atoms with Crippen LogP contribution < -0.4 is 10.2 Å². The van der Waals surface area contributed by atoms with Gasteiger partial charge < -0.3 is 15.2 Å². The number of hydrogen-bond acceptors (Lipinski definition) is 5. The number of hydrogen-bond donors (Lipinski definition) is 2. The predicted octanol–water partition coefficient (Wildman–Crippen LogP) is 4.27. The molecule has 0 atom stereocenters. The van der Waals surface area contributed by atoms with Crippen molar-refractivity contribution in [1.29, 1.82) is 5.26 Å². The molecule has 2 aromatic heterocycles. The third kappa shape index (κ3) is 2.74. The fourth-order valence-corrected chi connectivity index (χ4v) is 5.26. The summed E-state index contributed by atoms with van der Waals surface area (Å²) in [5.41, 5.74) is 6.31. The molecule has 4 heterocycles. The van der Waals surface area contributed by atoms with Crippen molar-refractivity contribution in [2.45, 2.75) is 18.3 Å². The second-order valence-corrected chi connectivity index (χ2v) is 8.44. The summed E-state index contributed by atoms with van der Waals surface area (Å²) < 4.78 is 0. The van der Waals surface area contributed by atoms with Crippen molar-refractivity contribution in [1.82, 2.24) is 20.3 Å². The molecule has 4 aromatic rings. The number of aromatic amines is 1. The van der Waals surface area contributed by atoms with E-state index in [9.17, 15) is 5.26 Å². The van der Waals surface area contributed by atoms with Gasteiger partial charge in [0, 0.05) is 23.8 Å². The number of anilines is 2. The summed E-state index contributed by atoms with van der Waals surface area (Å²) >= 11 is 0. The van der Waals surface area contributed by atoms with Gasteiger partial charge in [0.15, 0.2) is 0 Å². The SMILES string of the molecule is N#Cc1ccccc1-c1ccc2c(c1)C1(CCNCC1)CN2c1ncnc2[nH]ccc12. The van der Waals surface area contributed by atoms with E-state index < -0.39 is 0 Å². The van der Waals surface area contributed by atoms with Crippen LogP contribution in [0, 0.1) is 11.3 Å². The third-order valence-electron chi connectivity index (χ3n) is 6.83. The van der Waals surface area contributed by atoms with Gasteiger partial charge in [-0.3, -0.25) is 0 Å².